The number of fused-ring (bicyclic) bond motifs is 1. The van der Waals surface area contributed by atoms with Gasteiger partial charge in [-0.3, -0.25) is 4.79 Å². The number of rotatable bonds is 4. The zero-order valence-corrected chi connectivity index (χ0v) is 16.9. The zero-order valence-electron chi connectivity index (χ0n) is 16.9. The molecule has 27 heavy (non-hydrogen) atoms. The van der Waals surface area contributed by atoms with Crippen LogP contribution in [-0.2, 0) is 22.0 Å². The SMILES string of the molecule is Cc1ccc(CC(=O)C(O)c2ccc3c(c2)C(C)(C)CCC3(C)C)c(F)c1. The number of carbonyl (C=O) groups excluding carboxylic acids is 1. The van der Waals surface area contributed by atoms with Gasteiger partial charge in [-0.05, 0) is 64.5 Å². The molecule has 0 saturated carbocycles. The first kappa shape index (κ1) is 19.8. The summed E-state index contributed by atoms with van der Waals surface area (Å²) in [6.07, 6.45) is 0.825. The van der Waals surface area contributed by atoms with Crippen molar-refractivity contribution in [2.75, 3.05) is 0 Å². The largest absolute Gasteiger partial charge is 0.381 e. The van der Waals surface area contributed by atoms with Gasteiger partial charge in [0.15, 0.2) is 5.78 Å². The van der Waals surface area contributed by atoms with Crippen molar-refractivity contribution in [3.05, 3.63) is 70.0 Å². The molecular weight excluding hydrogens is 339 g/mol. The number of carbonyl (C=O) groups is 1. The van der Waals surface area contributed by atoms with Gasteiger partial charge < -0.3 is 5.11 Å². The van der Waals surface area contributed by atoms with Gasteiger partial charge >= 0.3 is 0 Å². The van der Waals surface area contributed by atoms with E-state index < -0.39 is 11.9 Å². The molecule has 0 heterocycles. The average Bonchev–Trinajstić information content (AvgIpc) is 2.60. The Morgan fingerprint density at radius 1 is 1.04 bits per heavy atom. The van der Waals surface area contributed by atoms with Crippen LogP contribution in [0.5, 0.6) is 0 Å². The molecule has 2 aromatic rings. The Labute approximate surface area is 161 Å². The number of aliphatic hydroxyl groups excluding tert-OH is 1. The van der Waals surface area contributed by atoms with Crippen molar-refractivity contribution in [2.45, 2.75) is 70.8 Å². The molecule has 1 atom stereocenters. The maximum Gasteiger partial charge on any atom is 0.170 e. The van der Waals surface area contributed by atoms with Crippen LogP contribution in [-0.4, -0.2) is 10.9 Å². The van der Waals surface area contributed by atoms with E-state index in [-0.39, 0.29) is 23.0 Å². The van der Waals surface area contributed by atoms with Crippen LogP contribution >= 0.6 is 0 Å². The number of hydrogen-bond donors (Lipinski definition) is 1. The smallest absolute Gasteiger partial charge is 0.170 e. The highest BCUT2D eigenvalue weighted by molar-refractivity contribution is 5.86. The van der Waals surface area contributed by atoms with Gasteiger partial charge in [0.2, 0.25) is 0 Å². The summed E-state index contributed by atoms with van der Waals surface area (Å²) < 4.78 is 14.1. The van der Waals surface area contributed by atoms with Gasteiger partial charge in [-0.1, -0.05) is 58.0 Å². The van der Waals surface area contributed by atoms with Crippen molar-refractivity contribution >= 4 is 5.78 Å². The molecule has 0 fully saturated rings. The summed E-state index contributed by atoms with van der Waals surface area (Å²) in [5.74, 6) is -0.783. The van der Waals surface area contributed by atoms with E-state index >= 15 is 0 Å². The van der Waals surface area contributed by atoms with Crippen LogP contribution < -0.4 is 0 Å². The van der Waals surface area contributed by atoms with E-state index in [4.69, 9.17) is 0 Å². The molecule has 0 bridgehead atoms. The maximum absolute atomic E-state index is 14.1. The van der Waals surface area contributed by atoms with Gasteiger partial charge in [0.05, 0.1) is 0 Å². The summed E-state index contributed by atoms with van der Waals surface area (Å²) in [6.45, 7) is 10.7. The third kappa shape index (κ3) is 3.84. The number of aryl methyl sites for hydroxylation is 1. The standard InChI is InChI=1S/C24H29FO2/c1-15-6-7-16(20(25)12-15)14-21(26)22(27)17-8-9-18-19(13-17)24(4,5)11-10-23(18,2)3/h6-9,12-13,22,27H,10-11,14H2,1-5H3. The highest BCUT2D eigenvalue weighted by Gasteiger charge is 2.37. The van der Waals surface area contributed by atoms with Crippen molar-refractivity contribution in [1.82, 2.24) is 0 Å². The van der Waals surface area contributed by atoms with E-state index in [2.05, 4.69) is 33.8 Å². The van der Waals surface area contributed by atoms with Gasteiger partial charge in [-0.15, -0.1) is 0 Å². The molecule has 144 valence electrons. The lowest BCUT2D eigenvalue weighted by Gasteiger charge is -2.42. The number of benzene rings is 2. The third-order valence-electron chi connectivity index (χ3n) is 6.07. The molecule has 1 aliphatic carbocycles. The summed E-state index contributed by atoms with van der Waals surface area (Å²) in [7, 11) is 0. The topological polar surface area (TPSA) is 37.3 Å². The van der Waals surface area contributed by atoms with Gasteiger partial charge in [0.1, 0.15) is 11.9 Å². The molecule has 3 heteroatoms. The molecule has 0 radical (unpaired) electrons. The Morgan fingerprint density at radius 2 is 1.67 bits per heavy atom. The van der Waals surface area contributed by atoms with Crippen molar-refractivity contribution in [3.8, 4) is 0 Å². The molecule has 0 spiro atoms. The minimum absolute atomic E-state index is 0.00664. The molecule has 0 aliphatic heterocycles. The molecule has 2 nitrogen and oxygen atoms in total. The fourth-order valence-electron chi connectivity index (χ4n) is 4.04. The van der Waals surface area contributed by atoms with Crippen LogP contribution in [0, 0.1) is 12.7 Å². The maximum atomic E-state index is 14.1. The van der Waals surface area contributed by atoms with E-state index in [0.717, 1.165) is 18.4 Å². The first-order valence-electron chi connectivity index (χ1n) is 9.62. The highest BCUT2D eigenvalue weighted by atomic mass is 19.1. The number of aliphatic hydroxyl groups is 1. The van der Waals surface area contributed by atoms with Crippen molar-refractivity contribution in [2.24, 2.45) is 0 Å². The van der Waals surface area contributed by atoms with Crippen LogP contribution in [0.15, 0.2) is 36.4 Å². The highest BCUT2D eigenvalue weighted by Crippen LogP contribution is 2.46. The Bertz CT molecular complexity index is 880. The number of Topliss-reactive ketones (excluding diaryl/α,β-unsaturated/α-hetero) is 1. The second-order valence-corrected chi connectivity index (χ2v) is 9.21. The molecule has 1 unspecified atom stereocenters. The van der Waals surface area contributed by atoms with Gasteiger partial charge in [-0.2, -0.15) is 0 Å². The molecule has 0 amide bonds. The number of halogens is 1. The lowest BCUT2D eigenvalue weighted by Crippen LogP contribution is -2.34. The number of hydrogen-bond acceptors (Lipinski definition) is 2. The molecule has 0 saturated heterocycles. The fraction of sp³-hybridized carbons (Fsp3) is 0.458. The molecule has 3 rings (SSSR count). The van der Waals surface area contributed by atoms with Crippen LogP contribution in [0.2, 0.25) is 0 Å². The Kier molecular flexibility index (Phi) is 5.02. The summed E-state index contributed by atoms with van der Waals surface area (Å²) in [4.78, 5) is 12.6. The summed E-state index contributed by atoms with van der Waals surface area (Å²) in [6, 6.07) is 10.7. The Balaban J connectivity index is 1.89. The Morgan fingerprint density at radius 3 is 2.30 bits per heavy atom. The number of ketones is 1. The van der Waals surface area contributed by atoms with Crippen molar-refractivity contribution in [3.63, 3.8) is 0 Å². The van der Waals surface area contributed by atoms with Gasteiger partial charge in [0.25, 0.3) is 0 Å². The Hall–Kier alpha value is -2.00. The van der Waals surface area contributed by atoms with E-state index in [1.54, 1.807) is 19.1 Å². The van der Waals surface area contributed by atoms with Crippen molar-refractivity contribution in [1.29, 1.82) is 0 Å². The molecule has 2 aromatic carbocycles. The monoisotopic (exact) mass is 368 g/mol. The van der Waals surface area contributed by atoms with E-state index in [1.807, 2.05) is 12.1 Å². The second kappa shape index (κ2) is 6.87. The summed E-state index contributed by atoms with van der Waals surface area (Å²) in [5.41, 5.74) is 4.30. The zero-order chi connectivity index (χ0) is 20.0. The van der Waals surface area contributed by atoms with Crippen LogP contribution in [0.1, 0.15) is 74.5 Å². The van der Waals surface area contributed by atoms with E-state index in [9.17, 15) is 14.3 Å². The summed E-state index contributed by atoms with van der Waals surface area (Å²) >= 11 is 0. The van der Waals surface area contributed by atoms with E-state index in [0.29, 0.717) is 11.1 Å². The van der Waals surface area contributed by atoms with Crippen LogP contribution in [0.25, 0.3) is 0 Å². The minimum atomic E-state index is -1.24. The van der Waals surface area contributed by atoms with Crippen LogP contribution in [0.3, 0.4) is 0 Å². The first-order chi connectivity index (χ1) is 12.5. The average molecular weight is 368 g/mol. The van der Waals surface area contributed by atoms with Gasteiger partial charge in [-0.25, -0.2) is 4.39 Å². The predicted molar refractivity (Wildman–Crippen MR) is 107 cm³/mol. The second-order valence-electron chi connectivity index (χ2n) is 9.21. The molecule has 1 N–H and O–H groups in total. The first-order valence-corrected chi connectivity index (χ1v) is 9.62. The van der Waals surface area contributed by atoms with Crippen molar-refractivity contribution < 1.29 is 14.3 Å². The fourth-order valence-corrected chi connectivity index (χ4v) is 4.04. The molecule has 0 aromatic heterocycles. The molecule has 1 aliphatic rings. The molecular formula is C24H29FO2. The quantitative estimate of drug-likeness (QED) is 0.792. The lowest BCUT2D eigenvalue weighted by atomic mass is 9.63. The van der Waals surface area contributed by atoms with Crippen LogP contribution in [0.4, 0.5) is 4.39 Å². The predicted octanol–water partition coefficient (Wildman–Crippen LogP) is 5.33. The third-order valence-corrected chi connectivity index (χ3v) is 6.07. The van der Waals surface area contributed by atoms with E-state index in [1.165, 1.54) is 17.2 Å². The van der Waals surface area contributed by atoms with Gasteiger partial charge in [0, 0.05) is 6.42 Å². The summed E-state index contributed by atoms with van der Waals surface area (Å²) in [5, 5.41) is 10.6. The lowest BCUT2D eigenvalue weighted by molar-refractivity contribution is -0.126. The minimum Gasteiger partial charge on any atom is -0.381 e. The normalized spacial score (nSPS) is 18.6.